The van der Waals surface area contributed by atoms with Crippen LogP contribution in [0.15, 0.2) is 45.6 Å². The van der Waals surface area contributed by atoms with Gasteiger partial charge in [0.15, 0.2) is 11.5 Å². The van der Waals surface area contributed by atoms with Gasteiger partial charge in [-0.2, -0.15) is 0 Å². The molecule has 1 saturated heterocycles. The van der Waals surface area contributed by atoms with E-state index < -0.39 is 11.7 Å². The average Bonchev–Trinajstić information content (AvgIpc) is 3.26. The Morgan fingerprint density at radius 3 is 2.85 bits per heavy atom. The fourth-order valence-electron chi connectivity index (χ4n) is 4.82. The Hall–Kier alpha value is -3.52. The van der Waals surface area contributed by atoms with Gasteiger partial charge in [-0.25, -0.2) is 4.79 Å². The number of benzene rings is 2. The van der Waals surface area contributed by atoms with Gasteiger partial charge in [0, 0.05) is 29.6 Å². The Bertz CT molecular complexity index is 1280. The molecule has 8 nitrogen and oxygen atoms in total. The van der Waals surface area contributed by atoms with E-state index in [0.717, 1.165) is 37.2 Å². The van der Waals surface area contributed by atoms with Gasteiger partial charge in [-0.1, -0.05) is 18.2 Å². The molecule has 0 saturated carbocycles. The van der Waals surface area contributed by atoms with Crippen molar-refractivity contribution >= 4 is 28.3 Å². The predicted molar refractivity (Wildman–Crippen MR) is 131 cm³/mol. The summed E-state index contributed by atoms with van der Waals surface area (Å²) < 4.78 is 17.6. The molecule has 2 N–H and O–H groups in total. The number of nitrogens with zero attached hydrogens (tertiary/aromatic N) is 1. The second kappa shape index (κ2) is 9.02. The molecule has 0 bridgehead atoms. The standard InChI is InChI=1S/C26H29N3O5/c1-15-23-17(13-22(32-3)24(15)33-18-8-6-10-29(2)14-18)12-21(26(31)34-23)28-25(30)20-11-16-7-4-5-9-19(16)27-20/h4-5,7,9,12-13,18,20,27H,6,8,10-11,14H2,1-3H3,(H,28,30). The number of rotatable bonds is 5. The van der Waals surface area contributed by atoms with E-state index in [1.54, 1.807) is 19.2 Å². The largest absolute Gasteiger partial charge is 0.493 e. The molecule has 3 heterocycles. The molecular formula is C26H29N3O5. The van der Waals surface area contributed by atoms with Gasteiger partial charge < -0.3 is 29.4 Å². The van der Waals surface area contributed by atoms with Crippen LogP contribution in [0.2, 0.25) is 0 Å². The minimum atomic E-state index is -0.604. The van der Waals surface area contributed by atoms with Crippen molar-refractivity contribution in [3.8, 4) is 11.5 Å². The summed E-state index contributed by atoms with van der Waals surface area (Å²) in [5.41, 5.74) is 2.63. The third-order valence-corrected chi connectivity index (χ3v) is 6.60. The summed E-state index contributed by atoms with van der Waals surface area (Å²) in [6.07, 6.45) is 2.62. The molecule has 5 rings (SSSR count). The number of aryl methyl sites for hydroxylation is 1. The van der Waals surface area contributed by atoms with Crippen molar-refractivity contribution in [2.24, 2.45) is 0 Å². The summed E-state index contributed by atoms with van der Waals surface area (Å²) >= 11 is 0. The van der Waals surface area contributed by atoms with Gasteiger partial charge in [0.25, 0.3) is 0 Å². The normalized spacial score (nSPS) is 20.0. The molecule has 2 aliphatic heterocycles. The molecule has 1 fully saturated rings. The highest BCUT2D eigenvalue weighted by atomic mass is 16.5. The summed E-state index contributed by atoms with van der Waals surface area (Å²) in [5, 5.41) is 6.59. The second-order valence-corrected chi connectivity index (χ2v) is 9.09. The van der Waals surface area contributed by atoms with Crippen molar-refractivity contribution in [2.45, 2.75) is 38.3 Å². The van der Waals surface area contributed by atoms with Crippen LogP contribution in [0.25, 0.3) is 11.0 Å². The van der Waals surface area contributed by atoms with E-state index in [1.807, 2.05) is 31.2 Å². The third kappa shape index (κ3) is 4.21. The van der Waals surface area contributed by atoms with Crippen molar-refractivity contribution in [2.75, 3.05) is 37.9 Å². The smallest absolute Gasteiger partial charge is 0.360 e. The Morgan fingerprint density at radius 2 is 2.09 bits per heavy atom. The number of para-hydroxylation sites is 1. The molecule has 2 atom stereocenters. The van der Waals surface area contributed by atoms with Crippen LogP contribution in [0, 0.1) is 6.92 Å². The molecule has 2 aliphatic rings. The van der Waals surface area contributed by atoms with Crippen LogP contribution >= 0.6 is 0 Å². The Morgan fingerprint density at radius 1 is 1.26 bits per heavy atom. The van der Waals surface area contributed by atoms with Crippen LogP contribution in [-0.4, -0.2) is 50.2 Å². The van der Waals surface area contributed by atoms with E-state index in [0.29, 0.717) is 34.5 Å². The first kappa shape index (κ1) is 22.3. The van der Waals surface area contributed by atoms with E-state index in [1.165, 1.54) is 0 Å². The first-order valence-corrected chi connectivity index (χ1v) is 11.6. The molecule has 0 spiro atoms. The van der Waals surface area contributed by atoms with Crippen molar-refractivity contribution in [1.82, 2.24) is 4.90 Å². The summed E-state index contributed by atoms with van der Waals surface area (Å²) in [6, 6.07) is 10.8. The van der Waals surface area contributed by atoms with Gasteiger partial charge in [0.1, 0.15) is 23.4 Å². The number of fused-ring (bicyclic) bond motifs is 2. The van der Waals surface area contributed by atoms with E-state index in [4.69, 9.17) is 13.9 Å². The number of likely N-dealkylation sites (N-methyl/N-ethyl adjacent to an activating group) is 1. The maximum atomic E-state index is 12.9. The number of nitrogens with one attached hydrogen (secondary N) is 2. The quantitative estimate of drug-likeness (QED) is 0.559. The van der Waals surface area contributed by atoms with Crippen LogP contribution in [0.5, 0.6) is 11.5 Å². The maximum absolute atomic E-state index is 12.9. The summed E-state index contributed by atoms with van der Waals surface area (Å²) in [4.78, 5) is 27.9. The monoisotopic (exact) mass is 463 g/mol. The number of carbonyl (C=O) groups excluding carboxylic acids is 1. The molecule has 0 radical (unpaired) electrons. The van der Waals surface area contributed by atoms with Crippen LogP contribution in [0.4, 0.5) is 11.4 Å². The van der Waals surface area contributed by atoms with E-state index in [-0.39, 0.29) is 17.7 Å². The van der Waals surface area contributed by atoms with Gasteiger partial charge in [0.05, 0.1) is 7.11 Å². The van der Waals surface area contributed by atoms with Gasteiger partial charge in [0.2, 0.25) is 5.91 Å². The van der Waals surface area contributed by atoms with Crippen LogP contribution < -0.4 is 25.7 Å². The lowest BCUT2D eigenvalue weighted by Crippen LogP contribution is -2.38. The third-order valence-electron chi connectivity index (χ3n) is 6.60. The highest BCUT2D eigenvalue weighted by Crippen LogP contribution is 2.38. The number of hydrogen-bond donors (Lipinski definition) is 2. The molecule has 1 aromatic heterocycles. The van der Waals surface area contributed by atoms with Gasteiger partial charge in [-0.3, -0.25) is 4.79 Å². The first-order chi connectivity index (χ1) is 16.4. The molecule has 0 aliphatic carbocycles. The van der Waals surface area contributed by atoms with E-state index in [9.17, 15) is 9.59 Å². The average molecular weight is 464 g/mol. The summed E-state index contributed by atoms with van der Waals surface area (Å²) in [7, 11) is 3.67. The van der Waals surface area contributed by atoms with Gasteiger partial charge >= 0.3 is 5.63 Å². The summed E-state index contributed by atoms with van der Waals surface area (Å²) in [6.45, 7) is 3.74. The number of hydrogen-bond acceptors (Lipinski definition) is 7. The number of anilines is 2. The minimum absolute atomic E-state index is 0.0390. The first-order valence-electron chi connectivity index (χ1n) is 11.6. The topological polar surface area (TPSA) is 93.0 Å². The highest BCUT2D eigenvalue weighted by molar-refractivity contribution is 5.99. The number of piperidine rings is 1. The molecule has 1 amide bonds. The lowest BCUT2D eigenvalue weighted by molar-refractivity contribution is -0.116. The lowest BCUT2D eigenvalue weighted by Gasteiger charge is -2.31. The lowest BCUT2D eigenvalue weighted by atomic mass is 10.1. The number of amides is 1. The zero-order valence-electron chi connectivity index (χ0n) is 19.6. The van der Waals surface area contributed by atoms with Crippen LogP contribution in [0.1, 0.15) is 24.0 Å². The van der Waals surface area contributed by atoms with Crippen molar-refractivity contribution in [3.63, 3.8) is 0 Å². The van der Waals surface area contributed by atoms with Crippen molar-refractivity contribution in [1.29, 1.82) is 0 Å². The SMILES string of the molecule is COc1cc2cc(NC(=O)C3Cc4ccccc4N3)c(=O)oc2c(C)c1OC1CCCN(C)C1. The molecule has 178 valence electrons. The predicted octanol–water partition coefficient (Wildman–Crippen LogP) is 3.56. The number of carbonyl (C=O) groups is 1. The van der Waals surface area contributed by atoms with Crippen molar-refractivity contribution < 1.29 is 18.7 Å². The van der Waals surface area contributed by atoms with Gasteiger partial charge in [-0.05, 0) is 57.1 Å². The molecule has 3 aromatic rings. The molecule has 8 heteroatoms. The second-order valence-electron chi connectivity index (χ2n) is 9.09. The Balaban J connectivity index is 1.41. The van der Waals surface area contributed by atoms with E-state index in [2.05, 4.69) is 22.6 Å². The van der Waals surface area contributed by atoms with Gasteiger partial charge in [-0.15, -0.1) is 0 Å². The molecular weight excluding hydrogens is 434 g/mol. The Labute approximate surface area is 197 Å². The number of likely N-dealkylation sites (tertiary alicyclic amines) is 1. The van der Waals surface area contributed by atoms with Crippen LogP contribution in [0.3, 0.4) is 0 Å². The number of methoxy groups -OCH3 is 1. The zero-order chi connectivity index (χ0) is 23.8. The molecule has 2 unspecified atom stereocenters. The minimum Gasteiger partial charge on any atom is -0.493 e. The Kier molecular flexibility index (Phi) is 5.91. The van der Waals surface area contributed by atoms with Crippen molar-refractivity contribution in [3.05, 3.63) is 57.9 Å². The highest BCUT2D eigenvalue weighted by Gasteiger charge is 2.28. The zero-order valence-corrected chi connectivity index (χ0v) is 19.6. The summed E-state index contributed by atoms with van der Waals surface area (Å²) in [5.74, 6) is 0.869. The molecule has 2 aromatic carbocycles. The maximum Gasteiger partial charge on any atom is 0.360 e. The fourth-order valence-corrected chi connectivity index (χ4v) is 4.82. The van der Waals surface area contributed by atoms with Crippen LogP contribution in [-0.2, 0) is 11.2 Å². The molecule has 34 heavy (non-hydrogen) atoms. The number of ether oxygens (including phenoxy) is 2. The fraction of sp³-hybridized carbons (Fsp3) is 0.385. The van der Waals surface area contributed by atoms with E-state index >= 15 is 0 Å².